The number of carbonyl (C=O) groups is 1. The van der Waals surface area contributed by atoms with Gasteiger partial charge in [-0.15, -0.1) is 0 Å². The monoisotopic (exact) mass is 432 g/mol. The number of fused-ring (bicyclic) bond motifs is 1. The summed E-state index contributed by atoms with van der Waals surface area (Å²) in [5.41, 5.74) is 1.97. The molecule has 2 aromatic rings. The minimum atomic E-state index is -3.20. The quantitative estimate of drug-likeness (QED) is 0.729. The third-order valence-corrected chi connectivity index (χ3v) is 7.36. The normalized spacial score (nSPS) is 21.1. The Morgan fingerprint density at radius 2 is 1.90 bits per heavy atom. The van der Waals surface area contributed by atoms with Crippen molar-refractivity contribution in [2.24, 2.45) is 5.92 Å². The first-order chi connectivity index (χ1) is 14.4. The molecule has 0 radical (unpaired) electrons. The van der Waals surface area contributed by atoms with Crippen LogP contribution in [0.2, 0.25) is 0 Å². The van der Waals surface area contributed by atoms with E-state index >= 15 is 0 Å². The summed E-state index contributed by atoms with van der Waals surface area (Å²) in [6.45, 7) is 3.20. The summed E-state index contributed by atoms with van der Waals surface area (Å²) < 4.78 is 30.3. The number of pyridine rings is 1. The number of piperazine rings is 1. The molecule has 2 aliphatic heterocycles. The molecule has 2 saturated heterocycles. The number of rotatable bonds is 4. The topological polar surface area (TPSA) is 83.1 Å². The maximum absolute atomic E-state index is 13.1. The first-order valence-electron chi connectivity index (χ1n) is 10.3. The number of sulfonamides is 1. The highest BCUT2D eigenvalue weighted by Gasteiger charge is 2.33. The minimum Gasteiger partial charge on any atom is -0.497 e. The number of hydrogen-bond acceptors (Lipinski definition) is 6. The highest BCUT2D eigenvalue weighted by Crippen LogP contribution is 2.32. The van der Waals surface area contributed by atoms with E-state index in [4.69, 9.17) is 4.74 Å². The zero-order chi connectivity index (χ0) is 21.3. The molecule has 2 aliphatic rings. The van der Waals surface area contributed by atoms with E-state index in [1.54, 1.807) is 13.3 Å². The van der Waals surface area contributed by atoms with E-state index in [0.717, 1.165) is 41.7 Å². The minimum absolute atomic E-state index is 0.0858. The van der Waals surface area contributed by atoms with E-state index < -0.39 is 10.0 Å². The lowest BCUT2D eigenvalue weighted by Gasteiger charge is -2.39. The average molecular weight is 433 g/mol. The third kappa shape index (κ3) is 4.22. The van der Waals surface area contributed by atoms with Crippen LogP contribution in [0.3, 0.4) is 0 Å². The van der Waals surface area contributed by atoms with Crippen LogP contribution in [-0.2, 0) is 14.8 Å². The van der Waals surface area contributed by atoms with Gasteiger partial charge in [-0.2, -0.15) is 4.31 Å². The van der Waals surface area contributed by atoms with Crippen LogP contribution in [0.4, 0.5) is 5.69 Å². The molecule has 30 heavy (non-hydrogen) atoms. The predicted molar refractivity (Wildman–Crippen MR) is 116 cm³/mol. The highest BCUT2D eigenvalue weighted by atomic mass is 32.2. The largest absolute Gasteiger partial charge is 0.497 e. The van der Waals surface area contributed by atoms with Crippen LogP contribution in [0.25, 0.3) is 10.9 Å². The van der Waals surface area contributed by atoms with Gasteiger partial charge in [0.05, 0.1) is 24.8 Å². The van der Waals surface area contributed by atoms with Gasteiger partial charge in [0.1, 0.15) is 5.75 Å². The lowest BCUT2D eigenvalue weighted by molar-refractivity contribution is -0.137. The van der Waals surface area contributed by atoms with Gasteiger partial charge in [-0.05, 0) is 37.1 Å². The van der Waals surface area contributed by atoms with Crippen LogP contribution in [0.15, 0.2) is 30.5 Å². The zero-order valence-corrected chi connectivity index (χ0v) is 18.3. The molecule has 8 nitrogen and oxygen atoms in total. The summed E-state index contributed by atoms with van der Waals surface area (Å²) in [4.78, 5) is 21.7. The molecule has 1 unspecified atom stereocenters. The van der Waals surface area contributed by atoms with Gasteiger partial charge >= 0.3 is 0 Å². The van der Waals surface area contributed by atoms with Crippen LogP contribution >= 0.6 is 0 Å². The van der Waals surface area contributed by atoms with Crippen molar-refractivity contribution in [1.82, 2.24) is 14.2 Å². The number of methoxy groups -OCH3 is 1. The highest BCUT2D eigenvalue weighted by molar-refractivity contribution is 7.88. The van der Waals surface area contributed by atoms with Crippen LogP contribution in [0.5, 0.6) is 5.75 Å². The number of anilines is 1. The van der Waals surface area contributed by atoms with Crippen molar-refractivity contribution in [1.29, 1.82) is 0 Å². The number of hydrogen-bond donors (Lipinski definition) is 0. The van der Waals surface area contributed by atoms with Crippen molar-refractivity contribution >= 4 is 32.5 Å². The molecule has 1 atom stereocenters. The summed E-state index contributed by atoms with van der Waals surface area (Å²) in [6.07, 6.45) is 4.82. The molecule has 4 rings (SSSR count). The molecule has 0 saturated carbocycles. The van der Waals surface area contributed by atoms with Crippen molar-refractivity contribution in [3.63, 3.8) is 0 Å². The summed E-state index contributed by atoms with van der Waals surface area (Å²) in [5, 5.41) is 1.02. The summed E-state index contributed by atoms with van der Waals surface area (Å²) >= 11 is 0. The van der Waals surface area contributed by atoms with Crippen molar-refractivity contribution in [2.45, 2.75) is 12.8 Å². The fourth-order valence-corrected chi connectivity index (χ4v) is 5.24. The molecule has 3 heterocycles. The van der Waals surface area contributed by atoms with Crippen LogP contribution in [0.1, 0.15) is 12.8 Å². The average Bonchev–Trinajstić information content (AvgIpc) is 2.77. The standard InChI is InChI=1S/C21H28N4O4S/c1-29-17-5-6-19-18(14-17)20(7-8-22-19)24-9-3-4-16(15-24)21(26)23-10-12-25(13-11-23)30(2,27)28/h5-8,14,16H,3-4,9-13,15H2,1-2H3. The number of ether oxygens (including phenoxy) is 1. The summed E-state index contributed by atoms with van der Waals surface area (Å²) in [7, 11) is -1.55. The predicted octanol–water partition coefficient (Wildman–Crippen LogP) is 1.56. The lowest BCUT2D eigenvalue weighted by atomic mass is 9.95. The molecule has 1 aromatic heterocycles. The molecule has 0 spiro atoms. The molecule has 1 aromatic carbocycles. The maximum Gasteiger partial charge on any atom is 0.227 e. The Morgan fingerprint density at radius 3 is 2.60 bits per heavy atom. The fourth-order valence-electron chi connectivity index (χ4n) is 4.41. The Bertz CT molecular complexity index is 1030. The number of carbonyl (C=O) groups excluding carboxylic acids is 1. The Hall–Kier alpha value is -2.39. The molecule has 162 valence electrons. The number of benzene rings is 1. The molecule has 0 N–H and O–H groups in total. The van der Waals surface area contributed by atoms with Crippen molar-refractivity contribution in [2.75, 3.05) is 57.5 Å². The van der Waals surface area contributed by atoms with Crippen molar-refractivity contribution < 1.29 is 17.9 Å². The van der Waals surface area contributed by atoms with E-state index in [2.05, 4.69) is 9.88 Å². The Labute approximate surface area is 177 Å². The Morgan fingerprint density at radius 1 is 1.13 bits per heavy atom. The van der Waals surface area contributed by atoms with Crippen LogP contribution < -0.4 is 9.64 Å². The fraction of sp³-hybridized carbons (Fsp3) is 0.524. The van der Waals surface area contributed by atoms with Gasteiger partial charge in [-0.1, -0.05) is 0 Å². The first kappa shape index (κ1) is 20.9. The van der Waals surface area contributed by atoms with Crippen LogP contribution in [-0.4, -0.2) is 81.1 Å². The Balaban J connectivity index is 1.49. The van der Waals surface area contributed by atoms with Gasteiger partial charge in [-0.3, -0.25) is 9.78 Å². The van der Waals surface area contributed by atoms with Crippen molar-refractivity contribution in [3.05, 3.63) is 30.5 Å². The van der Waals surface area contributed by atoms with Gasteiger partial charge in [0, 0.05) is 56.5 Å². The maximum atomic E-state index is 13.1. The van der Waals surface area contributed by atoms with Gasteiger partial charge in [0.2, 0.25) is 15.9 Å². The molecule has 2 fully saturated rings. The van der Waals surface area contributed by atoms with Gasteiger partial charge < -0.3 is 14.5 Å². The molecule has 9 heteroatoms. The van der Waals surface area contributed by atoms with E-state index in [1.807, 2.05) is 29.2 Å². The number of nitrogens with zero attached hydrogens (tertiary/aromatic N) is 4. The second kappa shape index (κ2) is 8.39. The second-order valence-electron chi connectivity index (χ2n) is 7.99. The lowest BCUT2D eigenvalue weighted by Crippen LogP contribution is -2.53. The number of piperidine rings is 1. The van der Waals surface area contributed by atoms with E-state index in [0.29, 0.717) is 32.7 Å². The van der Waals surface area contributed by atoms with Gasteiger partial charge in [-0.25, -0.2) is 8.42 Å². The molecular formula is C21H28N4O4S. The summed E-state index contributed by atoms with van der Waals surface area (Å²) in [6, 6.07) is 7.84. The van der Waals surface area contributed by atoms with Crippen LogP contribution in [0, 0.1) is 5.92 Å². The molecular weight excluding hydrogens is 404 g/mol. The number of amides is 1. The smallest absolute Gasteiger partial charge is 0.227 e. The Kier molecular flexibility index (Phi) is 5.84. The molecule has 1 amide bonds. The zero-order valence-electron chi connectivity index (χ0n) is 17.5. The molecule has 0 bridgehead atoms. The summed E-state index contributed by atoms with van der Waals surface area (Å²) in [5.74, 6) is 0.825. The molecule has 0 aliphatic carbocycles. The second-order valence-corrected chi connectivity index (χ2v) is 9.97. The third-order valence-electron chi connectivity index (χ3n) is 6.06. The van der Waals surface area contributed by atoms with E-state index in [-0.39, 0.29) is 11.8 Å². The van der Waals surface area contributed by atoms with Crippen molar-refractivity contribution in [3.8, 4) is 5.75 Å². The van der Waals surface area contributed by atoms with Gasteiger partial charge in [0.25, 0.3) is 0 Å². The van der Waals surface area contributed by atoms with E-state index in [1.165, 1.54) is 10.6 Å². The number of aromatic nitrogens is 1. The first-order valence-corrected chi connectivity index (χ1v) is 12.1. The van der Waals surface area contributed by atoms with E-state index in [9.17, 15) is 13.2 Å². The SMILES string of the molecule is COc1ccc2nccc(N3CCCC(C(=O)N4CCN(S(C)(=O)=O)CC4)C3)c2c1. The van der Waals surface area contributed by atoms with Gasteiger partial charge in [0.15, 0.2) is 0 Å².